The SMILES string of the molecule is Nc1cnccc1N1CCN(Cc2cncc(F)c2)CC1. The molecule has 5 nitrogen and oxygen atoms in total. The second-order valence-corrected chi connectivity index (χ2v) is 5.21. The summed E-state index contributed by atoms with van der Waals surface area (Å²) < 4.78 is 13.1. The van der Waals surface area contributed by atoms with Crippen LogP contribution in [0.2, 0.25) is 0 Å². The minimum absolute atomic E-state index is 0.282. The number of anilines is 2. The van der Waals surface area contributed by atoms with Gasteiger partial charge in [-0.05, 0) is 17.7 Å². The molecule has 2 aromatic rings. The van der Waals surface area contributed by atoms with Gasteiger partial charge in [-0.3, -0.25) is 14.9 Å². The zero-order chi connectivity index (χ0) is 14.7. The molecule has 6 heteroatoms. The molecule has 0 aliphatic carbocycles. The first kappa shape index (κ1) is 13.8. The lowest BCUT2D eigenvalue weighted by Crippen LogP contribution is -2.46. The van der Waals surface area contributed by atoms with Crippen molar-refractivity contribution in [3.05, 3.63) is 48.3 Å². The van der Waals surface area contributed by atoms with Gasteiger partial charge in [-0.2, -0.15) is 0 Å². The molecule has 0 saturated carbocycles. The van der Waals surface area contributed by atoms with Gasteiger partial charge in [0.05, 0.1) is 23.8 Å². The summed E-state index contributed by atoms with van der Waals surface area (Å²) in [4.78, 5) is 12.5. The number of nitrogens with two attached hydrogens (primary N) is 1. The molecule has 0 unspecified atom stereocenters. The minimum Gasteiger partial charge on any atom is -0.396 e. The first-order valence-corrected chi connectivity index (χ1v) is 6.98. The zero-order valence-electron chi connectivity index (χ0n) is 11.7. The zero-order valence-corrected chi connectivity index (χ0v) is 11.7. The fourth-order valence-corrected chi connectivity index (χ4v) is 2.63. The van der Waals surface area contributed by atoms with Gasteiger partial charge < -0.3 is 10.6 Å². The van der Waals surface area contributed by atoms with Crippen LogP contribution < -0.4 is 10.6 Å². The monoisotopic (exact) mass is 287 g/mol. The second kappa shape index (κ2) is 6.05. The molecule has 2 N–H and O–H groups in total. The van der Waals surface area contributed by atoms with Crippen molar-refractivity contribution in [3.8, 4) is 0 Å². The Kier molecular flexibility index (Phi) is 3.96. The molecule has 21 heavy (non-hydrogen) atoms. The lowest BCUT2D eigenvalue weighted by atomic mass is 10.2. The van der Waals surface area contributed by atoms with Crippen LogP contribution in [0.1, 0.15) is 5.56 Å². The molecular weight excluding hydrogens is 269 g/mol. The largest absolute Gasteiger partial charge is 0.396 e. The summed E-state index contributed by atoms with van der Waals surface area (Å²) in [6, 6.07) is 3.49. The van der Waals surface area contributed by atoms with Crippen LogP contribution >= 0.6 is 0 Å². The number of nitrogen functional groups attached to an aromatic ring is 1. The van der Waals surface area contributed by atoms with Gasteiger partial charge in [0.15, 0.2) is 0 Å². The van der Waals surface area contributed by atoms with Gasteiger partial charge in [0.2, 0.25) is 0 Å². The average Bonchev–Trinajstić information content (AvgIpc) is 2.49. The minimum atomic E-state index is -0.282. The van der Waals surface area contributed by atoms with E-state index in [4.69, 9.17) is 5.73 Å². The van der Waals surface area contributed by atoms with Crippen LogP contribution in [0, 0.1) is 5.82 Å². The lowest BCUT2D eigenvalue weighted by Gasteiger charge is -2.36. The number of hydrogen-bond acceptors (Lipinski definition) is 5. The molecule has 3 rings (SSSR count). The Labute approximate surface area is 123 Å². The van der Waals surface area contributed by atoms with E-state index in [1.807, 2.05) is 6.07 Å². The van der Waals surface area contributed by atoms with E-state index in [0.717, 1.165) is 44.0 Å². The van der Waals surface area contributed by atoms with Gasteiger partial charge in [0, 0.05) is 45.1 Å². The Morgan fingerprint density at radius 3 is 2.62 bits per heavy atom. The van der Waals surface area contributed by atoms with Gasteiger partial charge in [-0.1, -0.05) is 0 Å². The van der Waals surface area contributed by atoms with E-state index in [0.29, 0.717) is 5.69 Å². The number of pyridine rings is 2. The summed E-state index contributed by atoms with van der Waals surface area (Å²) in [5, 5.41) is 0. The number of rotatable bonds is 3. The Morgan fingerprint density at radius 2 is 1.90 bits per heavy atom. The Balaban J connectivity index is 1.59. The van der Waals surface area contributed by atoms with Crippen molar-refractivity contribution in [2.24, 2.45) is 0 Å². The fraction of sp³-hybridized carbons (Fsp3) is 0.333. The summed E-state index contributed by atoms with van der Waals surface area (Å²) in [6.07, 6.45) is 6.39. The average molecular weight is 287 g/mol. The third kappa shape index (κ3) is 3.28. The quantitative estimate of drug-likeness (QED) is 0.927. The summed E-state index contributed by atoms with van der Waals surface area (Å²) in [7, 11) is 0. The van der Waals surface area contributed by atoms with Gasteiger partial charge in [-0.15, -0.1) is 0 Å². The molecule has 2 aromatic heterocycles. The highest BCUT2D eigenvalue weighted by atomic mass is 19.1. The highest BCUT2D eigenvalue weighted by Gasteiger charge is 2.18. The molecule has 0 aromatic carbocycles. The molecule has 0 radical (unpaired) electrons. The van der Waals surface area contributed by atoms with Crippen molar-refractivity contribution in [2.75, 3.05) is 36.8 Å². The maximum atomic E-state index is 13.1. The third-order valence-corrected chi connectivity index (χ3v) is 3.71. The Hall–Kier alpha value is -2.21. The highest BCUT2D eigenvalue weighted by molar-refractivity contribution is 5.66. The van der Waals surface area contributed by atoms with Crippen LogP contribution in [0.25, 0.3) is 0 Å². The van der Waals surface area contributed by atoms with Crippen molar-refractivity contribution in [2.45, 2.75) is 6.54 Å². The maximum Gasteiger partial charge on any atom is 0.141 e. The lowest BCUT2D eigenvalue weighted by molar-refractivity contribution is 0.249. The van der Waals surface area contributed by atoms with Crippen molar-refractivity contribution in [1.82, 2.24) is 14.9 Å². The molecule has 3 heterocycles. The Bertz CT molecular complexity index is 611. The third-order valence-electron chi connectivity index (χ3n) is 3.71. The Morgan fingerprint density at radius 1 is 1.10 bits per heavy atom. The second-order valence-electron chi connectivity index (χ2n) is 5.21. The summed E-state index contributed by atoms with van der Waals surface area (Å²) >= 11 is 0. The van der Waals surface area contributed by atoms with Crippen molar-refractivity contribution in [1.29, 1.82) is 0 Å². The molecular formula is C15H18FN5. The number of piperazine rings is 1. The molecule has 0 amide bonds. The van der Waals surface area contributed by atoms with E-state index >= 15 is 0 Å². The van der Waals surface area contributed by atoms with E-state index < -0.39 is 0 Å². The van der Waals surface area contributed by atoms with E-state index in [1.165, 1.54) is 6.20 Å². The van der Waals surface area contributed by atoms with Crippen LogP contribution in [0.4, 0.5) is 15.8 Å². The van der Waals surface area contributed by atoms with E-state index in [-0.39, 0.29) is 5.82 Å². The van der Waals surface area contributed by atoms with Crippen LogP contribution in [-0.4, -0.2) is 41.0 Å². The smallest absolute Gasteiger partial charge is 0.141 e. The van der Waals surface area contributed by atoms with Gasteiger partial charge in [-0.25, -0.2) is 4.39 Å². The summed E-state index contributed by atoms with van der Waals surface area (Å²) in [5.74, 6) is -0.282. The molecule has 1 aliphatic rings. The van der Waals surface area contributed by atoms with Crippen LogP contribution in [0.15, 0.2) is 36.9 Å². The summed E-state index contributed by atoms with van der Waals surface area (Å²) in [5.41, 5.74) is 8.62. The van der Waals surface area contributed by atoms with Crippen molar-refractivity contribution >= 4 is 11.4 Å². The molecule has 1 fully saturated rings. The normalized spacial score (nSPS) is 16.1. The number of aromatic nitrogens is 2. The standard InChI is InChI=1S/C15H18FN5/c16-13-7-12(8-19-9-13)11-20-3-5-21(6-4-20)15-1-2-18-10-14(15)17/h1-2,7-10H,3-6,11,17H2. The topological polar surface area (TPSA) is 58.3 Å². The molecule has 1 saturated heterocycles. The van der Waals surface area contributed by atoms with Gasteiger partial charge in [0.1, 0.15) is 5.82 Å². The number of nitrogens with zero attached hydrogens (tertiary/aromatic N) is 4. The van der Waals surface area contributed by atoms with E-state index in [2.05, 4.69) is 19.8 Å². The summed E-state index contributed by atoms with van der Waals surface area (Å²) in [6.45, 7) is 4.36. The van der Waals surface area contributed by atoms with E-state index in [1.54, 1.807) is 24.7 Å². The van der Waals surface area contributed by atoms with E-state index in [9.17, 15) is 4.39 Å². The number of hydrogen-bond donors (Lipinski definition) is 1. The molecule has 0 atom stereocenters. The van der Waals surface area contributed by atoms with Gasteiger partial charge >= 0.3 is 0 Å². The van der Waals surface area contributed by atoms with Gasteiger partial charge in [0.25, 0.3) is 0 Å². The van der Waals surface area contributed by atoms with Crippen molar-refractivity contribution < 1.29 is 4.39 Å². The maximum absolute atomic E-state index is 13.1. The first-order chi connectivity index (χ1) is 10.2. The molecule has 0 bridgehead atoms. The predicted molar refractivity (Wildman–Crippen MR) is 80.3 cm³/mol. The predicted octanol–water partition coefficient (Wildman–Crippen LogP) is 1.52. The molecule has 0 spiro atoms. The molecule has 110 valence electrons. The van der Waals surface area contributed by atoms with Crippen LogP contribution in [0.3, 0.4) is 0 Å². The molecule has 1 aliphatic heterocycles. The van der Waals surface area contributed by atoms with Crippen LogP contribution in [-0.2, 0) is 6.54 Å². The highest BCUT2D eigenvalue weighted by Crippen LogP contribution is 2.22. The number of halogens is 1. The van der Waals surface area contributed by atoms with Crippen LogP contribution in [0.5, 0.6) is 0 Å². The van der Waals surface area contributed by atoms with Crippen molar-refractivity contribution in [3.63, 3.8) is 0 Å². The fourth-order valence-electron chi connectivity index (χ4n) is 2.63. The first-order valence-electron chi connectivity index (χ1n) is 6.98.